The fraction of sp³-hybridized carbons (Fsp3) is 0.381. The highest BCUT2D eigenvalue weighted by Crippen LogP contribution is 2.21. The second-order valence-electron chi connectivity index (χ2n) is 7.05. The van der Waals surface area contributed by atoms with E-state index in [2.05, 4.69) is 37.6 Å². The van der Waals surface area contributed by atoms with Crippen molar-refractivity contribution in [2.45, 2.75) is 13.0 Å². The van der Waals surface area contributed by atoms with Crippen LogP contribution in [0.25, 0.3) is 11.0 Å². The molecular weight excluding hydrogens is 368 g/mol. The van der Waals surface area contributed by atoms with Gasteiger partial charge in [-0.15, -0.1) is 0 Å². The first-order valence-electron chi connectivity index (χ1n) is 9.93. The number of aromatic nitrogens is 3. The number of rotatable bonds is 7. The van der Waals surface area contributed by atoms with Crippen LogP contribution in [-0.2, 0) is 11.3 Å². The van der Waals surface area contributed by atoms with Crippen LogP contribution in [0.15, 0.2) is 47.4 Å². The molecule has 2 N–H and O–H groups in total. The van der Waals surface area contributed by atoms with Crippen LogP contribution in [0.2, 0.25) is 0 Å². The molecule has 0 aliphatic carbocycles. The summed E-state index contributed by atoms with van der Waals surface area (Å²) in [4.78, 5) is 23.7. The number of hydrogen-bond donors (Lipinski definition) is 2. The first kappa shape index (κ1) is 19.4. The van der Waals surface area contributed by atoms with Crippen LogP contribution in [0.4, 0.5) is 17.3 Å². The molecule has 0 spiro atoms. The molecule has 1 aliphatic rings. The Bertz CT molecular complexity index is 1010. The van der Waals surface area contributed by atoms with Gasteiger partial charge in [0.2, 0.25) is 5.95 Å². The minimum atomic E-state index is -0.0707. The first-order chi connectivity index (χ1) is 14.2. The largest absolute Gasteiger partial charge is 0.385 e. The van der Waals surface area contributed by atoms with E-state index in [4.69, 9.17) is 4.74 Å². The molecule has 1 fully saturated rings. The van der Waals surface area contributed by atoms with Crippen LogP contribution in [0.5, 0.6) is 0 Å². The molecule has 8 heteroatoms. The van der Waals surface area contributed by atoms with E-state index in [9.17, 15) is 4.79 Å². The van der Waals surface area contributed by atoms with Gasteiger partial charge >= 0.3 is 0 Å². The highest BCUT2D eigenvalue weighted by Gasteiger charge is 2.11. The summed E-state index contributed by atoms with van der Waals surface area (Å²) in [5, 5.41) is 7.45. The molecule has 0 atom stereocenters. The summed E-state index contributed by atoms with van der Waals surface area (Å²) < 4.78 is 6.78. The van der Waals surface area contributed by atoms with Gasteiger partial charge in [-0.3, -0.25) is 9.36 Å². The van der Waals surface area contributed by atoms with Crippen molar-refractivity contribution >= 4 is 28.4 Å². The van der Waals surface area contributed by atoms with Crippen molar-refractivity contribution in [1.29, 1.82) is 0 Å². The SMILES string of the molecule is COCCCn1c(=O)ccc2cnc(Nc3ccc(N4CCNCC4)cc3)nc21. The molecule has 0 bridgehead atoms. The minimum Gasteiger partial charge on any atom is -0.385 e. The van der Waals surface area contributed by atoms with Crippen molar-refractivity contribution in [2.75, 3.05) is 50.1 Å². The minimum absolute atomic E-state index is 0.0707. The number of nitrogens with one attached hydrogen (secondary N) is 2. The second-order valence-corrected chi connectivity index (χ2v) is 7.05. The third kappa shape index (κ3) is 4.55. The molecule has 3 heterocycles. The smallest absolute Gasteiger partial charge is 0.252 e. The summed E-state index contributed by atoms with van der Waals surface area (Å²) in [7, 11) is 1.66. The van der Waals surface area contributed by atoms with E-state index in [1.807, 2.05) is 12.1 Å². The summed E-state index contributed by atoms with van der Waals surface area (Å²) in [6.07, 6.45) is 2.49. The average molecular weight is 394 g/mol. The number of pyridine rings is 1. The molecule has 0 amide bonds. The van der Waals surface area contributed by atoms with E-state index in [1.54, 1.807) is 30.0 Å². The molecule has 1 aromatic carbocycles. The fourth-order valence-corrected chi connectivity index (χ4v) is 3.52. The molecule has 0 radical (unpaired) electrons. The van der Waals surface area contributed by atoms with Crippen LogP contribution in [0.1, 0.15) is 6.42 Å². The highest BCUT2D eigenvalue weighted by atomic mass is 16.5. The van der Waals surface area contributed by atoms with Gasteiger partial charge in [0.15, 0.2) is 0 Å². The number of benzene rings is 1. The molecule has 2 aromatic heterocycles. The highest BCUT2D eigenvalue weighted by molar-refractivity contribution is 5.75. The fourth-order valence-electron chi connectivity index (χ4n) is 3.52. The van der Waals surface area contributed by atoms with Crippen LogP contribution >= 0.6 is 0 Å². The number of fused-ring (bicyclic) bond motifs is 1. The lowest BCUT2D eigenvalue weighted by Gasteiger charge is -2.29. The van der Waals surface area contributed by atoms with Crippen LogP contribution in [-0.4, -0.2) is 54.4 Å². The van der Waals surface area contributed by atoms with Crippen molar-refractivity contribution in [3.05, 3.63) is 52.9 Å². The Kier molecular flexibility index (Phi) is 6.02. The standard InChI is InChI=1S/C21H26N6O2/c1-29-14-2-11-27-19(28)8-3-16-15-23-21(25-20(16)27)24-17-4-6-18(7-5-17)26-12-9-22-10-13-26/h3-8,15,22H,2,9-14H2,1H3,(H,23,24,25). The number of methoxy groups -OCH3 is 1. The predicted octanol–water partition coefficient (Wildman–Crippen LogP) is 1.98. The number of piperazine rings is 1. The summed E-state index contributed by atoms with van der Waals surface area (Å²) in [6.45, 7) is 5.20. The molecule has 3 aromatic rings. The zero-order valence-electron chi connectivity index (χ0n) is 16.6. The van der Waals surface area contributed by atoms with Crippen molar-refractivity contribution in [3.8, 4) is 0 Å². The molecule has 4 rings (SSSR count). The molecular formula is C21H26N6O2. The Hall–Kier alpha value is -2.97. The maximum Gasteiger partial charge on any atom is 0.252 e. The number of nitrogens with zero attached hydrogens (tertiary/aromatic N) is 4. The lowest BCUT2D eigenvalue weighted by atomic mass is 10.2. The van der Waals surface area contributed by atoms with Gasteiger partial charge in [-0.05, 0) is 36.8 Å². The molecule has 1 saturated heterocycles. The molecule has 29 heavy (non-hydrogen) atoms. The van der Waals surface area contributed by atoms with Crippen molar-refractivity contribution < 1.29 is 4.74 Å². The molecule has 0 unspecified atom stereocenters. The van der Waals surface area contributed by atoms with Gasteiger partial charge in [-0.1, -0.05) is 0 Å². The van der Waals surface area contributed by atoms with Crippen molar-refractivity contribution in [3.63, 3.8) is 0 Å². The average Bonchev–Trinajstić information content (AvgIpc) is 2.76. The number of hydrogen-bond acceptors (Lipinski definition) is 7. The predicted molar refractivity (Wildman–Crippen MR) is 115 cm³/mol. The quantitative estimate of drug-likeness (QED) is 0.593. The van der Waals surface area contributed by atoms with Gasteiger partial charge in [0.1, 0.15) is 5.65 Å². The molecule has 0 saturated carbocycles. The van der Waals surface area contributed by atoms with Crippen LogP contribution in [0.3, 0.4) is 0 Å². The van der Waals surface area contributed by atoms with Gasteiger partial charge < -0.3 is 20.3 Å². The molecule has 152 valence electrons. The number of ether oxygens (including phenoxy) is 1. The summed E-state index contributed by atoms with van der Waals surface area (Å²) in [5.41, 5.74) is 2.68. The third-order valence-corrected chi connectivity index (χ3v) is 5.06. The maximum absolute atomic E-state index is 12.3. The van der Waals surface area contributed by atoms with Crippen molar-refractivity contribution in [1.82, 2.24) is 19.9 Å². The lowest BCUT2D eigenvalue weighted by molar-refractivity contribution is 0.190. The van der Waals surface area contributed by atoms with E-state index >= 15 is 0 Å². The van der Waals surface area contributed by atoms with E-state index in [-0.39, 0.29) is 5.56 Å². The maximum atomic E-state index is 12.3. The van der Waals surface area contributed by atoms with Crippen LogP contribution in [0, 0.1) is 0 Å². The Balaban J connectivity index is 1.54. The number of aryl methyl sites for hydroxylation is 1. The Morgan fingerprint density at radius 3 is 2.69 bits per heavy atom. The van der Waals surface area contributed by atoms with Crippen LogP contribution < -0.4 is 21.1 Å². The number of anilines is 3. The lowest BCUT2D eigenvalue weighted by Crippen LogP contribution is -2.43. The second kappa shape index (κ2) is 9.02. The normalized spacial score (nSPS) is 14.3. The summed E-state index contributed by atoms with van der Waals surface area (Å²) >= 11 is 0. The van der Waals surface area contributed by atoms with E-state index in [0.717, 1.165) is 43.7 Å². The van der Waals surface area contributed by atoms with E-state index in [1.165, 1.54) is 5.69 Å². The zero-order chi connectivity index (χ0) is 20.1. The summed E-state index contributed by atoms with van der Waals surface area (Å²) in [6, 6.07) is 11.6. The summed E-state index contributed by atoms with van der Waals surface area (Å²) in [5.74, 6) is 0.471. The topological polar surface area (TPSA) is 84.3 Å². The molecule has 8 nitrogen and oxygen atoms in total. The Morgan fingerprint density at radius 2 is 1.93 bits per heavy atom. The van der Waals surface area contributed by atoms with Gasteiger partial charge in [-0.25, -0.2) is 4.98 Å². The first-order valence-corrected chi connectivity index (χ1v) is 9.93. The monoisotopic (exact) mass is 394 g/mol. The van der Waals surface area contributed by atoms with Gasteiger partial charge in [0, 0.05) is 75.5 Å². The van der Waals surface area contributed by atoms with E-state index in [0.29, 0.717) is 24.7 Å². The molecule has 1 aliphatic heterocycles. The van der Waals surface area contributed by atoms with Gasteiger partial charge in [0.25, 0.3) is 5.56 Å². The van der Waals surface area contributed by atoms with Gasteiger partial charge in [0.05, 0.1) is 0 Å². The van der Waals surface area contributed by atoms with E-state index < -0.39 is 0 Å². The Labute approximate surface area is 169 Å². The van der Waals surface area contributed by atoms with Gasteiger partial charge in [-0.2, -0.15) is 4.98 Å². The third-order valence-electron chi connectivity index (χ3n) is 5.06. The van der Waals surface area contributed by atoms with Crippen molar-refractivity contribution in [2.24, 2.45) is 0 Å². The zero-order valence-corrected chi connectivity index (χ0v) is 16.6. The Morgan fingerprint density at radius 1 is 1.14 bits per heavy atom.